The minimum Gasteiger partial charge on any atom is -0.497 e. The van der Waals surface area contributed by atoms with Crippen molar-refractivity contribution in [2.24, 2.45) is 7.05 Å². The largest absolute Gasteiger partial charge is 0.497 e. The number of nitrogens with one attached hydrogen (secondary N) is 1. The van der Waals surface area contributed by atoms with E-state index in [1.54, 1.807) is 50.6 Å². The summed E-state index contributed by atoms with van der Waals surface area (Å²) in [6.07, 6.45) is 1.11. The first kappa shape index (κ1) is 24.9. The van der Waals surface area contributed by atoms with Crippen LogP contribution in [0.2, 0.25) is 0 Å². The number of fused-ring (bicyclic) bond motifs is 1. The first-order valence-electron chi connectivity index (χ1n) is 11.0. The fourth-order valence-corrected chi connectivity index (χ4v) is 4.48. The topological polar surface area (TPSA) is 116 Å². The summed E-state index contributed by atoms with van der Waals surface area (Å²) in [5.41, 5.74) is 1.11. The number of nitrogens with zero attached hydrogens (tertiary/aromatic N) is 2. The zero-order valence-corrected chi connectivity index (χ0v) is 20.8. The molecule has 0 saturated heterocycles. The van der Waals surface area contributed by atoms with E-state index in [4.69, 9.17) is 4.74 Å². The number of ether oxygens (including phenoxy) is 1. The van der Waals surface area contributed by atoms with Crippen molar-refractivity contribution in [3.63, 3.8) is 0 Å². The van der Waals surface area contributed by atoms with Crippen molar-refractivity contribution in [3.05, 3.63) is 104 Å². The first-order chi connectivity index (χ1) is 17.1. The molecular weight excluding hydrogens is 482 g/mol. The van der Waals surface area contributed by atoms with Crippen LogP contribution in [0.3, 0.4) is 0 Å². The Hall–Kier alpha value is -4.18. The van der Waals surface area contributed by atoms with E-state index < -0.39 is 21.1 Å². The van der Waals surface area contributed by atoms with Gasteiger partial charge in [-0.2, -0.15) is 0 Å². The molecule has 0 saturated carbocycles. The monoisotopic (exact) mass is 507 g/mol. The predicted molar refractivity (Wildman–Crippen MR) is 136 cm³/mol. The molecule has 0 spiro atoms. The summed E-state index contributed by atoms with van der Waals surface area (Å²) < 4.78 is 30.9. The molecule has 0 atom stereocenters. The lowest BCUT2D eigenvalue weighted by Crippen LogP contribution is -2.39. The van der Waals surface area contributed by atoms with E-state index in [1.807, 2.05) is 12.1 Å². The Kier molecular flexibility index (Phi) is 6.80. The van der Waals surface area contributed by atoms with Gasteiger partial charge in [0.25, 0.3) is 11.5 Å². The van der Waals surface area contributed by atoms with Gasteiger partial charge in [-0.1, -0.05) is 24.3 Å². The van der Waals surface area contributed by atoms with E-state index >= 15 is 0 Å². The third kappa shape index (κ3) is 5.08. The molecule has 1 aromatic heterocycles. The third-order valence-electron chi connectivity index (χ3n) is 5.92. The summed E-state index contributed by atoms with van der Waals surface area (Å²) in [7, 11) is -0.230. The average Bonchev–Trinajstić information content (AvgIpc) is 2.88. The van der Waals surface area contributed by atoms with E-state index in [9.17, 15) is 22.8 Å². The van der Waals surface area contributed by atoms with Crippen LogP contribution >= 0.6 is 0 Å². The number of amides is 1. The number of benzene rings is 3. The van der Waals surface area contributed by atoms with Crippen LogP contribution in [-0.2, 0) is 30.0 Å². The fraction of sp³-hybridized carbons (Fsp3) is 0.192. The van der Waals surface area contributed by atoms with Crippen LogP contribution in [0, 0.1) is 0 Å². The highest BCUT2D eigenvalue weighted by atomic mass is 32.2. The number of aryl methyl sites for hydroxylation is 1. The van der Waals surface area contributed by atoms with Gasteiger partial charge in [-0.3, -0.25) is 18.7 Å². The summed E-state index contributed by atoms with van der Waals surface area (Å²) in [6.45, 7) is 0.251. The van der Waals surface area contributed by atoms with Crippen LogP contribution < -0.4 is 21.3 Å². The second-order valence-electron chi connectivity index (χ2n) is 8.41. The molecule has 1 amide bonds. The van der Waals surface area contributed by atoms with E-state index in [2.05, 4.69) is 5.32 Å². The molecule has 9 nitrogen and oxygen atoms in total. The van der Waals surface area contributed by atoms with E-state index in [-0.39, 0.29) is 28.3 Å². The second-order valence-corrected chi connectivity index (χ2v) is 10.4. The standard InChI is InChI=1S/C26H25N3O6S/c1-28-23-13-8-19(24(30)27-15-17-4-9-20(35-2)10-5-17)14-22(23)25(31)29(26(28)32)16-18-6-11-21(12-7-18)36(3,33)34/h4-14H,15-16H2,1-3H3,(H,27,30). The highest BCUT2D eigenvalue weighted by Crippen LogP contribution is 2.14. The molecule has 1 N–H and O–H groups in total. The number of sulfone groups is 1. The predicted octanol–water partition coefficient (Wildman–Crippen LogP) is 2.09. The lowest BCUT2D eigenvalue weighted by Gasteiger charge is -2.12. The van der Waals surface area contributed by atoms with Crippen molar-refractivity contribution in [1.29, 1.82) is 0 Å². The normalized spacial score (nSPS) is 11.4. The van der Waals surface area contributed by atoms with Crippen molar-refractivity contribution in [1.82, 2.24) is 14.5 Å². The molecule has 36 heavy (non-hydrogen) atoms. The highest BCUT2D eigenvalue weighted by Gasteiger charge is 2.15. The van der Waals surface area contributed by atoms with E-state index in [1.165, 1.54) is 22.8 Å². The van der Waals surface area contributed by atoms with Crippen LogP contribution in [-0.4, -0.2) is 36.8 Å². The quantitative estimate of drug-likeness (QED) is 0.410. The van der Waals surface area contributed by atoms with Crippen molar-refractivity contribution < 1.29 is 17.9 Å². The first-order valence-corrected chi connectivity index (χ1v) is 12.9. The molecule has 0 aliphatic heterocycles. The maximum Gasteiger partial charge on any atom is 0.331 e. The molecule has 0 aliphatic carbocycles. The van der Waals surface area contributed by atoms with Crippen molar-refractivity contribution in [2.45, 2.75) is 18.0 Å². The Morgan fingerprint density at radius 3 is 2.19 bits per heavy atom. The fourth-order valence-electron chi connectivity index (χ4n) is 3.85. The van der Waals surface area contributed by atoms with Gasteiger partial charge < -0.3 is 10.1 Å². The van der Waals surface area contributed by atoms with Crippen LogP contribution in [0.25, 0.3) is 10.9 Å². The van der Waals surface area contributed by atoms with Gasteiger partial charge in [0, 0.05) is 25.4 Å². The van der Waals surface area contributed by atoms with E-state index in [0.29, 0.717) is 23.4 Å². The maximum absolute atomic E-state index is 13.3. The zero-order valence-electron chi connectivity index (χ0n) is 20.0. The minimum absolute atomic E-state index is 0.0423. The van der Waals surface area contributed by atoms with Crippen molar-refractivity contribution in [2.75, 3.05) is 13.4 Å². The average molecular weight is 508 g/mol. The third-order valence-corrected chi connectivity index (χ3v) is 7.05. The number of rotatable bonds is 7. The van der Waals surface area contributed by atoms with Crippen LogP contribution in [0.5, 0.6) is 5.75 Å². The molecule has 0 aliphatic rings. The van der Waals surface area contributed by atoms with Crippen LogP contribution in [0.4, 0.5) is 0 Å². The van der Waals surface area contributed by atoms with Gasteiger partial charge in [-0.05, 0) is 53.6 Å². The van der Waals surface area contributed by atoms with Gasteiger partial charge in [0.05, 0.1) is 29.5 Å². The summed E-state index contributed by atoms with van der Waals surface area (Å²) in [6, 6.07) is 17.9. The van der Waals surface area contributed by atoms with E-state index in [0.717, 1.165) is 16.4 Å². The minimum atomic E-state index is -3.36. The van der Waals surface area contributed by atoms with Crippen LogP contribution in [0.1, 0.15) is 21.5 Å². The molecule has 4 rings (SSSR count). The Morgan fingerprint density at radius 2 is 1.58 bits per heavy atom. The second kappa shape index (κ2) is 9.82. The Balaban J connectivity index is 1.63. The number of hydrogen-bond acceptors (Lipinski definition) is 6. The lowest BCUT2D eigenvalue weighted by atomic mass is 10.1. The lowest BCUT2D eigenvalue weighted by molar-refractivity contribution is 0.0951. The zero-order chi connectivity index (χ0) is 26.0. The smallest absolute Gasteiger partial charge is 0.331 e. The molecule has 0 radical (unpaired) electrons. The molecule has 4 aromatic rings. The number of methoxy groups -OCH3 is 1. The van der Waals surface area contributed by atoms with Gasteiger partial charge in [-0.15, -0.1) is 0 Å². The molecule has 0 bridgehead atoms. The van der Waals surface area contributed by atoms with Crippen molar-refractivity contribution >= 4 is 26.6 Å². The number of hydrogen-bond donors (Lipinski definition) is 1. The van der Waals surface area contributed by atoms with Gasteiger partial charge in [0.15, 0.2) is 9.84 Å². The van der Waals surface area contributed by atoms with Gasteiger partial charge >= 0.3 is 5.69 Å². The Morgan fingerprint density at radius 1 is 0.944 bits per heavy atom. The number of carbonyl (C=O) groups excluding carboxylic acids is 1. The Bertz CT molecular complexity index is 1670. The summed E-state index contributed by atoms with van der Waals surface area (Å²) in [5.74, 6) is 0.358. The Labute approximate surface area is 207 Å². The maximum atomic E-state index is 13.3. The molecule has 1 heterocycles. The van der Waals surface area contributed by atoms with Crippen LogP contribution in [0.15, 0.2) is 81.2 Å². The highest BCUT2D eigenvalue weighted by molar-refractivity contribution is 7.90. The van der Waals surface area contributed by atoms with Gasteiger partial charge in [0.2, 0.25) is 0 Å². The molecule has 0 unspecified atom stereocenters. The molecule has 186 valence electrons. The molecule has 0 fully saturated rings. The SMILES string of the molecule is COc1ccc(CNC(=O)c2ccc3c(c2)c(=O)n(Cc2ccc(S(C)(=O)=O)cc2)c(=O)n3C)cc1. The molecule has 3 aromatic carbocycles. The number of carbonyl (C=O) groups is 1. The van der Waals surface area contributed by atoms with Gasteiger partial charge in [-0.25, -0.2) is 13.2 Å². The summed E-state index contributed by atoms with van der Waals surface area (Å²) in [5, 5.41) is 3.05. The molecular formula is C26H25N3O6S. The summed E-state index contributed by atoms with van der Waals surface area (Å²) >= 11 is 0. The molecule has 10 heteroatoms. The van der Waals surface area contributed by atoms with Gasteiger partial charge in [0.1, 0.15) is 5.75 Å². The van der Waals surface area contributed by atoms with Crippen molar-refractivity contribution in [3.8, 4) is 5.75 Å². The number of aromatic nitrogens is 2. The summed E-state index contributed by atoms with van der Waals surface area (Å²) in [4.78, 5) is 39.1.